The first-order valence-corrected chi connectivity index (χ1v) is 11.3. The molecule has 1 unspecified atom stereocenters. The highest BCUT2D eigenvalue weighted by Gasteiger charge is 2.48. The Labute approximate surface area is 192 Å². The van der Waals surface area contributed by atoms with Crippen molar-refractivity contribution in [3.05, 3.63) is 23.3 Å². The molecule has 0 bridgehead atoms. The van der Waals surface area contributed by atoms with Crippen molar-refractivity contribution in [1.29, 1.82) is 5.26 Å². The van der Waals surface area contributed by atoms with Crippen molar-refractivity contribution in [2.24, 2.45) is 11.8 Å². The van der Waals surface area contributed by atoms with E-state index in [9.17, 15) is 24.8 Å². The molecule has 1 aromatic carbocycles. The molecule has 9 nitrogen and oxygen atoms in total. The number of nitrogens with one attached hydrogen (secondary N) is 1. The Bertz CT molecular complexity index is 1010. The molecule has 2 N–H and O–H groups in total. The van der Waals surface area contributed by atoms with Gasteiger partial charge in [0.15, 0.2) is 11.5 Å². The summed E-state index contributed by atoms with van der Waals surface area (Å²) in [7, 11) is 3.04. The number of carbonyl (C=O) groups excluding carboxylic acids is 2. The first-order valence-electron chi connectivity index (χ1n) is 11.3. The first kappa shape index (κ1) is 22.9. The zero-order valence-electron chi connectivity index (χ0n) is 18.9. The maximum Gasteiger partial charge on any atom is 0.326 e. The van der Waals surface area contributed by atoms with Gasteiger partial charge in [-0.2, -0.15) is 5.26 Å². The molecule has 1 aromatic rings. The van der Waals surface area contributed by atoms with Gasteiger partial charge in [-0.1, -0.05) is 12.8 Å². The van der Waals surface area contributed by atoms with Gasteiger partial charge < -0.3 is 24.8 Å². The van der Waals surface area contributed by atoms with Crippen molar-refractivity contribution in [2.45, 2.75) is 63.1 Å². The fraction of sp³-hybridized carbons (Fsp3) is 0.583. The number of nitriles is 1. The molecule has 2 aliphatic carbocycles. The van der Waals surface area contributed by atoms with Crippen LogP contribution in [0.2, 0.25) is 0 Å². The number of benzene rings is 1. The lowest BCUT2D eigenvalue weighted by Gasteiger charge is -2.39. The van der Waals surface area contributed by atoms with Crippen LogP contribution in [0.5, 0.6) is 11.5 Å². The van der Waals surface area contributed by atoms with Crippen molar-refractivity contribution in [3.63, 3.8) is 0 Å². The van der Waals surface area contributed by atoms with E-state index in [1.807, 2.05) is 0 Å². The Morgan fingerprint density at radius 2 is 1.70 bits per heavy atom. The molecule has 4 rings (SSSR count). The van der Waals surface area contributed by atoms with Crippen molar-refractivity contribution in [1.82, 2.24) is 10.2 Å². The van der Waals surface area contributed by atoms with E-state index < -0.39 is 29.4 Å². The normalized spacial score (nSPS) is 25.2. The van der Waals surface area contributed by atoms with Crippen LogP contribution in [0.3, 0.4) is 0 Å². The summed E-state index contributed by atoms with van der Waals surface area (Å²) in [5.74, 6) is -1.81. The average molecular weight is 456 g/mol. The van der Waals surface area contributed by atoms with Gasteiger partial charge in [-0.05, 0) is 48.9 Å². The fourth-order valence-corrected chi connectivity index (χ4v) is 5.04. The zero-order valence-corrected chi connectivity index (χ0v) is 18.9. The average Bonchev–Trinajstić information content (AvgIpc) is 3.61. The number of methoxy groups -OCH3 is 2. The number of amides is 2. The first-order chi connectivity index (χ1) is 15.8. The second-order valence-corrected chi connectivity index (χ2v) is 9.18. The topological polar surface area (TPSA) is 129 Å². The monoisotopic (exact) mass is 455 g/mol. The summed E-state index contributed by atoms with van der Waals surface area (Å²) in [6.45, 7) is 0.123. The van der Waals surface area contributed by atoms with E-state index in [0.717, 1.165) is 24.0 Å². The summed E-state index contributed by atoms with van der Waals surface area (Å²) in [5.41, 5.74) is 0.800. The molecule has 0 radical (unpaired) electrons. The zero-order chi connectivity index (χ0) is 23.8. The number of carboxylic acid groups (broad SMARTS) is 1. The SMILES string of the molecule is COc1cc2c(cc1OC)CN(C(=O)[C@@H]1CCCC[C@H]1C(=O)NC1(C#N)CC1)C(C(=O)O)C2. The second-order valence-electron chi connectivity index (χ2n) is 9.18. The highest BCUT2D eigenvalue weighted by atomic mass is 16.5. The molecule has 2 saturated carbocycles. The largest absolute Gasteiger partial charge is 0.493 e. The van der Waals surface area contributed by atoms with E-state index in [2.05, 4.69) is 11.4 Å². The molecular weight excluding hydrogens is 426 g/mol. The maximum atomic E-state index is 13.7. The molecule has 0 spiro atoms. The number of ether oxygens (including phenoxy) is 2. The lowest BCUT2D eigenvalue weighted by molar-refractivity contribution is -0.156. The fourth-order valence-electron chi connectivity index (χ4n) is 5.04. The minimum absolute atomic E-state index is 0.123. The Morgan fingerprint density at radius 1 is 1.09 bits per heavy atom. The van der Waals surface area contributed by atoms with Gasteiger partial charge in [-0.25, -0.2) is 4.79 Å². The maximum absolute atomic E-state index is 13.7. The lowest BCUT2D eigenvalue weighted by atomic mass is 9.77. The van der Waals surface area contributed by atoms with E-state index >= 15 is 0 Å². The summed E-state index contributed by atoms with van der Waals surface area (Å²) >= 11 is 0. The number of hydrogen-bond acceptors (Lipinski definition) is 6. The van der Waals surface area contributed by atoms with Crippen LogP contribution in [0.1, 0.15) is 49.7 Å². The molecule has 33 heavy (non-hydrogen) atoms. The van der Waals surface area contributed by atoms with Crippen LogP contribution in [-0.4, -0.2) is 53.6 Å². The van der Waals surface area contributed by atoms with Gasteiger partial charge >= 0.3 is 5.97 Å². The lowest BCUT2D eigenvalue weighted by Crippen LogP contribution is -2.53. The van der Waals surface area contributed by atoms with Gasteiger partial charge in [0.1, 0.15) is 11.6 Å². The van der Waals surface area contributed by atoms with Gasteiger partial charge in [0.2, 0.25) is 11.8 Å². The number of hydrogen-bond donors (Lipinski definition) is 2. The Balaban J connectivity index is 1.60. The van der Waals surface area contributed by atoms with Crippen LogP contribution in [0, 0.1) is 23.2 Å². The molecule has 1 heterocycles. The standard InChI is InChI=1S/C24H29N3O6/c1-32-19-10-14-9-18(23(30)31)27(12-15(14)11-20(19)33-2)22(29)17-6-4-3-5-16(17)21(28)26-24(13-25)7-8-24/h10-11,16-18H,3-9,12H2,1-2H3,(H,26,28)(H,30,31)/t16-,17-,18?/m1/s1. The molecule has 9 heteroatoms. The third-order valence-corrected chi connectivity index (χ3v) is 7.15. The highest BCUT2D eigenvalue weighted by Crippen LogP contribution is 2.39. The van der Waals surface area contributed by atoms with Crippen LogP contribution < -0.4 is 14.8 Å². The van der Waals surface area contributed by atoms with Crippen LogP contribution in [0.25, 0.3) is 0 Å². The number of carboxylic acids is 1. The van der Waals surface area contributed by atoms with Gasteiger partial charge in [0.05, 0.1) is 20.3 Å². The summed E-state index contributed by atoms with van der Waals surface area (Å²) in [4.78, 5) is 40.2. The molecule has 2 amide bonds. The number of fused-ring (bicyclic) bond motifs is 1. The van der Waals surface area contributed by atoms with Gasteiger partial charge in [-0.3, -0.25) is 9.59 Å². The van der Waals surface area contributed by atoms with Crippen LogP contribution in [0.4, 0.5) is 0 Å². The van der Waals surface area contributed by atoms with Crippen LogP contribution in [0.15, 0.2) is 12.1 Å². The number of carbonyl (C=O) groups is 3. The number of rotatable bonds is 6. The predicted octanol–water partition coefficient (Wildman–Crippen LogP) is 2.02. The Kier molecular flexibility index (Phi) is 6.19. The second kappa shape index (κ2) is 8.93. The van der Waals surface area contributed by atoms with E-state index in [-0.39, 0.29) is 24.8 Å². The van der Waals surface area contributed by atoms with Crippen LogP contribution >= 0.6 is 0 Å². The minimum Gasteiger partial charge on any atom is -0.493 e. The molecule has 3 atom stereocenters. The van der Waals surface area contributed by atoms with E-state index in [0.29, 0.717) is 37.2 Å². The molecule has 3 aliphatic rings. The highest BCUT2D eigenvalue weighted by molar-refractivity contribution is 5.91. The summed E-state index contributed by atoms with van der Waals surface area (Å²) < 4.78 is 10.7. The third-order valence-electron chi connectivity index (χ3n) is 7.15. The molecule has 1 aliphatic heterocycles. The molecule has 176 valence electrons. The summed E-state index contributed by atoms with van der Waals surface area (Å²) in [6.07, 6.45) is 4.10. The third kappa shape index (κ3) is 4.34. The Morgan fingerprint density at radius 3 is 2.24 bits per heavy atom. The molecule has 2 fully saturated rings. The minimum atomic E-state index is -1.08. The van der Waals surface area contributed by atoms with Crippen molar-refractivity contribution >= 4 is 17.8 Å². The van der Waals surface area contributed by atoms with Crippen molar-refractivity contribution < 1.29 is 29.0 Å². The number of nitrogens with zero attached hydrogens (tertiary/aromatic N) is 2. The van der Waals surface area contributed by atoms with Crippen molar-refractivity contribution in [2.75, 3.05) is 14.2 Å². The van der Waals surface area contributed by atoms with Crippen LogP contribution in [-0.2, 0) is 27.3 Å². The quantitative estimate of drug-likeness (QED) is 0.671. The predicted molar refractivity (Wildman–Crippen MR) is 116 cm³/mol. The van der Waals surface area contributed by atoms with Gasteiger partial charge in [0.25, 0.3) is 0 Å². The van der Waals surface area contributed by atoms with Gasteiger partial charge in [-0.15, -0.1) is 0 Å². The van der Waals surface area contributed by atoms with Gasteiger partial charge in [0, 0.05) is 24.8 Å². The van der Waals surface area contributed by atoms with E-state index in [1.54, 1.807) is 12.1 Å². The van der Waals surface area contributed by atoms with E-state index in [4.69, 9.17) is 9.47 Å². The molecular formula is C24H29N3O6. The number of aliphatic carboxylic acids is 1. The molecule has 0 aromatic heterocycles. The van der Waals surface area contributed by atoms with Crippen molar-refractivity contribution in [3.8, 4) is 17.6 Å². The molecule has 0 saturated heterocycles. The Hall–Kier alpha value is -3.28. The summed E-state index contributed by atoms with van der Waals surface area (Å²) in [6, 6.07) is 4.67. The smallest absolute Gasteiger partial charge is 0.326 e. The summed E-state index contributed by atoms with van der Waals surface area (Å²) in [5, 5.41) is 22.1. The van der Waals surface area contributed by atoms with E-state index in [1.165, 1.54) is 19.1 Å².